The second-order valence-electron chi connectivity index (χ2n) is 4.51. The van der Waals surface area contributed by atoms with Crippen molar-refractivity contribution < 1.29 is 0 Å². The maximum atomic E-state index is 7.48. The van der Waals surface area contributed by atoms with Crippen LogP contribution in [0.5, 0.6) is 0 Å². The molecule has 0 bridgehead atoms. The Labute approximate surface area is 112 Å². The van der Waals surface area contributed by atoms with Gasteiger partial charge in [-0.1, -0.05) is 12.1 Å². The van der Waals surface area contributed by atoms with E-state index in [1.54, 1.807) is 6.07 Å². The summed E-state index contributed by atoms with van der Waals surface area (Å²) in [7, 11) is 1.90. The monoisotopic (exact) mass is 255 g/mol. The van der Waals surface area contributed by atoms with Gasteiger partial charge in [0.05, 0.1) is 0 Å². The van der Waals surface area contributed by atoms with E-state index in [-0.39, 0.29) is 5.84 Å². The number of benzene rings is 1. The van der Waals surface area contributed by atoms with E-state index in [1.165, 1.54) is 5.56 Å². The third kappa shape index (κ3) is 2.88. The van der Waals surface area contributed by atoms with Crippen molar-refractivity contribution in [2.45, 2.75) is 13.8 Å². The van der Waals surface area contributed by atoms with Crippen LogP contribution in [0.15, 0.2) is 30.3 Å². The Morgan fingerprint density at radius 3 is 2.58 bits per heavy atom. The lowest BCUT2D eigenvalue weighted by Gasteiger charge is -2.18. The molecule has 0 spiro atoms. The molecule has 19 heavy (non-hydrogen) atoms. The molecule has 0 saturated heterocycles. The molecule has 2 aromatic rings. The SMILES string of the molecule is Cc1cccc(N(C)c2nc(C)cc(C(=N)N)n2)c1. The Balaban J connectivity index is 2.43. The third-order valence-electron chi connectivity index (χ3n) is 2.81. The van der Waals surface area contributed by atoms with Gasteiger partial charge in [0.25, 0.3) is 0 Å². The van der Waals surface area contributed by atoms with Crippen LogP contribution in [0, 0.1) is 19.3 Å². The fourth-order valence-electron chi connectivity index (χ4n) is 1.79. The number of anilines is 2. The van der Waals surface area contributed by atoms with Crippen molar-refractivity contribution in [2.24, 2.45) is 5.73 Å². The van der Waals surface area contributed by atoms with Crippen molar-refractivity contribution in [1.82, 2.24) is 9.97 Å². The van der Waals surface area contributed by atoms with Crippen molar-refractivity contribution in [2.75, 3.05) is 11.9 Å². The molecule has 0 amide bonds. The molecule has 1 aromatic heterocycles. The number of hydrogen-bond acceptors (Lipinski definition) is 4. The summed E-state index contributed by atoms with van der Waals surface area (Å²) in [5.41, 5.74) is 8.89. The summed E-state index contributed by atoms with van der Waals surface area (Å²) in [6.07, 6.45) is 0. The highest BCUT2D eigenvalue weighted by Crippen LogP contribution is 2.21. The van der Waals surface area contributed by atoms with Gasteiger partial charge < -0.3 is 10.6 Å². The predicted molar refractivity (Wildman–Crippen MR) is 77.0 cm³/mol. The number of nitrogens with zero attached hydrogens (tertiary/aromatic N) is 3. The van der Waals surface area contributed by atoms with Gasteiger partial charge in [-0.15, -0.1) is 0 Å². The van der Waals surface area contributed by atoms with Gasteiger partial charge in [-0.2, -0.15) is 0 Å². The zero-order valence-corrected chi connectivity index (χ0v) is 11.3. The zero-order valence-electron chi connectivity index (χ0n) is 11.3. The maximum absolute atomic E-state index is 7.48. The van der Waals surface area contributed by atoms with Gasteiger partial charge in [0.2, 0.25) is 5.95 Å². The van der Waals surface area contributed by atoms with Crippen LogP contribution in [0.1, 0.15) is 17.0 Å². The molecule has 5 heteroatoms. The number of nitrogens with two attached hydrogens (primary N) is 1. The highest BCUT2D eigenvalue weighted by molar-refractivity contribution is 5.93. The fourth-order valence-corrected chi connectivity index (χ4v) is 1.79. The van der Waals surface area contributed by atoms with Crippen LogP contribution in [0.25, 0.3) is 0 Å². The van der Waals surface area contributed by atoms with Crippen molar-refractivity contribution in [3.8, 4) is 0 Å². The molecule has 0 fully saturated rings. The first kappa shape index (κ1) is 13.0. The van der Waals surface area contributed by atoms with Crippen LogP contribution in [0.4, 0.5) is 11.6 Å². The molecular weight excluding hydrogens is 238 g/mol. The van der Waals surface area contributed by atoms with Gasteiger partial charge in [-0.05, 0) is 37.6 Å². The van der Waals surface area contributed by atoms with Gasteiger partial charge in [-0.3, -0.25) is 5.41 Å². The van der Waals surface area contributed by atoms with Crippen LogP contribution in [-0.2, 0) is 0 Å². The number of hydrogen-bond donors (Lipinski definition) is 2. The lowest BCUT2D eigenvalue weighted by Crippen LogP contribution is -2.19. The first-order valence-electron chi connectivity index (χ1n) is 5.98. The average Bonchev–Trinajstić information content (AvgIpc) is 2.37. The number of nitrogens with one attached hydrogen (secondary N) is 1. The van der Waals surface area contributed by atoms with Crippen molar-refractivity contribution in [3.63, 3.8) is 0 Å². The first-order valence-corrected chi connectivity index (χ1v) is 5.98. The summed E-state index contributed by atoms with van der Waals surface area (Å²) in [5, 5.41) is 7.48. The van der Waals surface area contributed by atoms with Crippen molar-refractivity contribution in [3.05, 3.63) is 47.3 Å². The molecule has 0 saturated carbocycles. The molecule has 0 radical (unpaired) electrons. The van der Waals surface area contributed by atoms with E-state index in [9.17, 15) is 0 Å². The van der Waals surface area contributed by atoms with Gasteiger partial charge in [-0.25, -0.2) is 9.97 Å². The van der Waals surface area contributed by atoms with E-state index < -0.39 is 0 Å². The summed E-state index contributed by atoms with van der Waals surface area (Å²) in [4.78, 5) is 10.6. The van der Waals surface area contributed by atoms with Gasteiger partial charge in [0.15, 0.2) is 0 Å². The van der Waals surface area contributed by atoms with E-state index in [0.29, 0.717) is 11.6 Å². The lowest BCUT2D eigenvalue weighted by atomic mass is 10.2. The second-order valence-corrected chi connectivity index (χ2v) is 4.51. The summed E-state index contributed by atoms with van der Waals surface area (Å²) in [5.74, 6) is 0.486. The zero-order chi connectivity index (χ0) is 14.0. The third-order valence-corrected chi connectivity index (χ3v) is 2.81. The minimum Gasteiger partial charge on any atom is -0.382 e. The van der Waals surface area contributed by atoms with E-state index in [1.807, 2.05) is 44.0 Å². The predicted octanol–water partition coefficient (Wildman–Crippen LogP) is 2.15. The smallest absolute Gasteiger partial charge is 0.230 e. The number of amidine groups is 1. The lowest BCUT2D eigenvalue weighted by molar-refractivity contribution is 1.00. The molecule has 1 heterocycles. The fraction of sp³-hybridized carbons (Fsp3) is 0.214. The van der Waals surface area contributed by atoms with Gasteiger partial charge in [0, 0.05) is 18.4 Å². The molecule has 5 nitrogen and oxygen atoms in total. The quantitative estimate of drug-likeness (QED) is 0.650. The van der Waals surface area contributed by atoms with Crippen LogP contribution < -0.4 is 10.6 Å². The van der Waals surface area contributed by atoms with Crippen molar-refractivity contribution in [1.29, 1.82) is 5.41 Å². The molecule has 0 aliphatic rings. The molecule has 1 aromatic carbocycles. The number of aryl methyl sites for hydroxylation is 2. The Hall–Kier alpha value is -2.43. The number of nitrogen functional groups attached to an aromatic ring is 1. The normalized spacial score (nSPS) is 10.3. The van der Waals surface area contributed by atoms with Gasteiger partial charge >= 0.3 is 0 Å². The topological polar surface area (TPSA) is 78.9 Å². The van der Waals surface area contributed by atoms with E-state index in [0.717, 1.165) is 11.4 Å². The summed E-state index contributed by atoms with van der Waals surface area (Å²) in [6.45, 7) is 3.90. The molecule has 3 N–H and O–H groups in total. The Morgan fingerprint density at radius 1 is 1.21 bits per heavy atom. The highest BCUT2D eigenvalue weighted by Gasteiger charge is 2.10. The van der Waals surface area contributed by atoms with Crippen LogP contribution in [0.3, 0.4) is 0 Å². The molecule has 2 rings (SSSR count). The molecule has 0 unspecified atom stereocenters. The van der Waals surface area contributed by atoms with Crippen molar-refractivity contribution >= 4 is 17.5 Å². The standard InChI is InChI=1S/C14H17N5/c1-9-5-4-6-11(7-9)19(3)14-17-10(2)8-12(18-14)13(15)16/h4-8H,1-3H3,(H3,15,16). The Kier molecular flexibility index (Phi) is 3.46. The Bertz CT molecular complexity index is 621. The van der Waals surface area contributed by atoms with Crippen LogP contribution in [-0.4, -0.2) is 22.9 Å². The molecular formula is C14H17N5. The van der Waals surface area contributed by atoms with E-state index >= 15 is 0 Å². The number of aromatic nitrogens is 2. The minimum absolute atomic E-state index is 0.0515. The second kappa shape index (κ2) is 5.06. The van der Waals surface area contributed by atoms with E-state index in [2.05, 4.69) is 16.0 Å². The molecule has 0 aliphatic carbocycles. The molecule has 98 valence electrons. The molecule has 0 atom stereocenters. The first-order chi connectivity index (χ1) is 8.97. The largest absolute Gasteiger partial charge is 0.382 e. The summed E-state index contributed by atoms with van der Waals surface area (Å²) in [6, 6.07) is 9.78. The highest BCUT2D eigenvalue weighted by atomic mass is 15.2. The van der Waals surface area contributed by atoms with E-state index in [4.69, 9.17) is 11.1 Å². The minimum atomic E-state index is -0.0515. The average molecular weight is 255 g/mol. The van der Waals surface area contributed by atoms with Gasteiger partial charge in [0.1, 0.15) is 11.5 Å². The number of rotatable bonds is 3. The summed E-state index contributed by atoms with van der Waals surface area (Å²) >= 11 is 0. The van der Waals surface area contributed by atoms with Crippen LogP contribution >= 0.6 is 0 Å². The molecule has 0 aliphatic heterocycles. The van der Waals surface area contributed by atoms with Crippen LogP contribution in [0.2, 0.25) is 0 Å². The Morgan fingerprint density at radius 2 is 1.95 bits per heavy atom. The maximum Gasteiger partial charge on any atom is 0.230 e. The summed E-state index contributed by atoms with van der Waals surface area (Å²) < 4.78 is 0.